The first-order valence-electron chi connectivity index (χ1n) is 9.93. The number of anilines is 2. The van der Waals surface area contributed by atoms with E-state index in [1.807, 2.05) is 42.5 Å². The predicted octanol–water partition coefficient (Wildman–Crippen LogP) is 4.32. The summed E-state index contributed by atoms with van der Waals surface area (Å²) in [7, 11) is 0. The molecule has 2 aliphatic heterocycles. The summed E-state index contributed by atoms with van der Waals surface area (Å²) in [5, 5.41) is 2.91. The van der Waals surface area contributed by atoms with Gasteiger partial charge in [0.1, 0.15) is 5.37 Å². The molecule has 2 aromatic rings. The Labute approximate surface area is 173 Å². The van der Waals surface area contributed by atoms with Crippen LogP contribution in [0.2, 0.25) is 0 Å². The van der Waals surface area contributed by atoms with Crippen LogP contribution in [0, 0.1) is 5.92 Å². The van der Waals surface area contributed by atoms with Crippen molar-refractivity contribution >= 4 is 35.0 Å². The summed E-state index contributed by atoms with van der Waals surface area (Å²) < 4.78 is 10.9. The van der Waals surface area contributed by atoms with Crippen LogP contribution in [0.4, 0.5) is 11.4 Å². The third kappa shape index (κ3) is 3.55. The molecule has 2 aromatic carbocycles. The summed E-state index contributed by atoms with van der Waals surface area (Å²) in [6.07, 6.45) is 4.19. The first-order valence-corrected chi connectivity index (χ1v) is 11.0. The zero-order valence-electron chi connectivity index (χ0n) is 15.9. The van der Waals surface area contributed by atoms with Gasteiger partial charge in [-0.1, -0.05) is 25.0 Å². The number of hydrogen-bond donors (Lipinski definition) is 1. The molecule has 1 atom stereocenters. The summed E-state index contributed by atoms with van der Waals surface area (Å²) in [5.41, 5.74) is 2.56. The van der Waals surface area contributed by atoms with Crippen LogP contribution in [0.25, 0.3) is 0 Å². The number of amides is 2. The lowest BCUT2D eigenvalue weighted by Gasteiger charge is -2.25. The molecule has 150 valence electrons. The monoisotopic (exact) mass is 410 g/mol. The maximum absolute atomic E-state index is 12.7. The van der Waals surface area contributed by atoms with Gasteiger partial charge in [-0.15, -0.1) is 11.8 Å². The first kappa shape index (κ1) is 18.4. The van der Waals surface area contributed by atoms with Crippen molar-refractivity contribution in [2.75, 3.05) is 22.8 Å². The van der Waals surface area contributed by atoms with Crippen molar-refractivity contribution in [3.63, 3.8) is 0 Å². The van der Waals surface area contributed by atoms with Gasteiger partial charge >= 0.3 is 0 Å². The molecule has 1 aliphatic carbocycles. The van der Waals surface area contributed by atoms with E-state index in [0.29, 0.717) is 17.3 Å². The number of nitrogens with one attached hydrogen (secondary N) is 1. The SMILES string of the molecule is O=C(Nc1cccc([C@@H]2SCC(=O)N2c2ccc3c(c2)OCO3)c1)C1CCCC1. The van der Waals surface area contributed by atoms with Crippen molar-refractivity contribution in [1.29, 1.82) is 0 Å². The smallest absolute Gasteiger partial charge is 0.238 e. The fourth-order valence-corrected chi connectivity index (χ4v) is 5.35. The maximum Gasteiger partial charge on any atom is 0.238 e. The number of carbonyl (C=O) groups is 2. The van der Waals surface area contributed by atoms with Crippen LogP contribution in [0.1, 0.15) is 36.6 Å². The largest absolute Gasteiger partial charge is 0.454 e. The molecule has 29 heavy (non-hydrogen) atoms. The average molecular weight is 410 g/mol. The van der Waals surface area contributed by atoms with Gasteiger partial charge in [-0.25, -0.2) is 0 Å². The number of thioether (sulfide) groups is 1. The molecule has 0 aromatic heterocycles. The van der Waals surface area contributed by atoms with Crippen molar-refractivity contribution in [1.82, 2.24) is 0 Å². The zero-order valence-corrected chi connectivity index (χ0v) is 16.7. The molecular weight excluding hydrogens is 388 g/mol. The van der Waals surface area contributed by atoms with Crippen molar-refractivity contribution in [2.45, 2.75) is 31.1 Å². The summed E-state index contributed by atoms with van der Waals surface area (Å²) in [6.45, 7) is 0.202. The molecule has 2 fully saturated rings. The highest BCUT2D eigenvalue weighted by molar-refractivity contribution is 8.00. The van der Waals surface area contributed by atoms with Gasteiger partial charge in [0.05, 0.1) is 5.75 Å². The van der Waals surface area contributed by atoms with E-state index in [4.69, 9.17) is 9.47 Å². The minimum atomic E-state index is -0.147. The molecule has 1 saturated carbocycles. The highest BCUT2D eigenvalue weighted by Crippen LogP contribution is 2.45. The molecule has 6 nitrogen and oxygen atoms in total. The van der Waals surface area contributed by atoms with Gasteiger partial charge in [-0.05, 0) is 42.7 Å². The van der Waals surface area contributed by atoms with E-state index < -0.39 is 0 Å². The Morgan fingerprint density at radius 1 is 1.07 bits per heavy atom. The van der Waals surface area contributed by atoms with Gasteiger partial charge in [0.15, 0.2) is 11.5 Å². The Kier molecular flexibility index (Phi) is 4.83. The van der Waals surface area contributed by atoms with Gasteiger partial charge in [0, 0.05) is 23.4 Å². The normalized spacial score (nSPS) is 21.0. The fraction of sp³-hybridized carbons (Fsp3) is 0.364. The van der Waals surface area contributed by atoms with E-state index >= 15 is 0 Å². The number of fused-ring (bicyclic) bond motifs is 1. The van der Waals surface area contributed by atoms with Crippen LogP contribution in [0.15, 0.2) is 42.5 Å². The number of ether oxygens (including phenoxy) is 2. The highest BCUT2D eigenvalue weighted by Gasteiger charge is 2.35. The van der Waals surface area contributed by atoms with E-state index in [1.165, 1.54) is 0 Å². The van der Waals surface area contributed by atoms with Crippen LogP contribution in [0.5, 0.6) is 11.5 Å². The molecule has 0 bridgehead atoms. The van der Waals surface area contributed by atoms with Crippen molar-refractivity contribution in [3.05, 3.63) is 48.0 Å². The van der Waals surface area contributed by atoms with Crippen molar-refractivity contribution < 1.29 is 19.1 Å². The molecule has 0 spiro atoms. The molecule has 2 heterocycles. The molecule has 3 aliphatic rings. The quantitative estimate of drug-likeness (QED) is 0.813. The maximum atomic E-state index is 12.7. The zero-order chi connectivity index (χ0) is 19.8. The van der Waals surface area contributed by atoms with E-state index in [2.05, 4.69) is 5.32 Å². The molecule has 1 saturated heterocycles. The molecule has 0 unspecified atom stereocenters. The second kappa shape index (κ2) is 7.63. The second-order valence-electron chi connectivity index (χ2n) is 7.56. The number of benzene rings is 2. The molecule has 0 radical (unpaired) electrons. The second-order valence-corrected chi connectivity index (χ2v) is 8.63. The Morgan fingerprint density at radius 2 is 1.90 bits per heavy atom. The summed E-state index contributed by atoms with van der Waals surface area (Å²) >= 11 is 1.58. The first-order chi connectivity index (χ1) is 14.2. The van der Waals surface area contributed by atoms with Crippen LogP contribution in [-0.4, -0.2) is 24.4 Å². The van der Waals surface area contributed by atoms with E-state index in [0.717, 1.165) is 42.6 Å². The van der Waals surface area contributed by atoms with Gasteiger partial charge in [0.25, 0.3) is 0 Å². The molecule has 5 rings (SSSR count). The standard InChI is InChI=1S/C22H22N2O4S/c25-20-12-29-22(24(20)17-8-9-18-19(11-17)28-13-27-18)15-6-3-7-16(10-15)23-21(26)14-4-1-2-5-14/h3,6-11,14,22H,1-2,4-5,12-13H2,(H,23,26)/t22-/m0/s1. The van der Waals surface area contributed by atoms with Gasteiger partial charge in [-0.3, -0.25) is 14.5 Å². The Balaban J connectivity index is 1.39. The van der Waals surface area contributed by atoms with E-state index in [1.54, 1.807) is 16.7 Å². The Hall–Kier alpha value is -2.67. The third-order valence-electron chi connectivity index (χ3n) is 5.67. The lowest BCUT2D eigenvalue weighted by molar-refractivity contribution is -0.119. The molecule has 1 N–H and O–H groups in total. The van der Waals surface area contributed by atoms with Gasteiger partial charge in [-0.2, -0.15) is 0 Å². The molecule has 7 heteroatoms. The van der Waals surface area contributed by atoms with Crippen molar-refractivity contribution in [2.24, 2.45) is 5.92 Å². The number of hydrogen-bond acceptors (Lipinski definition) is 5. The van der Waals surface area contributed by atoms with Gasteiger partial charge in [0.2, 0.25) is 18.6 Å². The van der Waals surface area contributed by atoms with Gasteiger partial charge < -0.3 is 14.8 Å². The topological polar surface area (TPSA) is 67.9 Å². The highest BCUT2D eigenvalue weighted by atomic mass is 32.2. The lowest BCUT2D eigenvalue weighted by atomic mass is 10.1. The third-order valence-corrected chi connectivity index (χ3v) is 6.88. The summed E-state index contributed by atoms with van der Waals surface area (Å²) in [6, 6.07) is 13.4. The summed E-state index contributed by atoms with van der Waals surface area (Å²) in [4.78, 5) is 26.9. The summed E-state index contributed by atoms with van der Waals surface area (Å²) in [5.74, 6) is 2.04. The lowest BCUT2D eigenvalue weighted by Crippen LogP contribution is -2.27. The van der Waals surface area contributed by atoms with Crippen LogP contribution >= 0.6 is 11.8 Å². The van der Waals surface area contributed by atoms with Crippen LogP contribution in [0.3, 0.4) is 0 Å². The van der Waals surface area contributed by atoms with E-state index in [9.17, 15) is 9.59 Å². The Bertz CT molecular complexity index is 958. The van der Waals surface area contributed by atoms with Crippen LogP contribution in [-0.2, 0) is 9.59 Å². The number of carbonyl (C=O) groups excluding carboxylic acids is 2. The van der Waals surface area contributed by atoms with E-state index in [-0.39, 0.29) is 29.9 Å². The Morgan fingerprint density at radius 3 is 2.76 bits per heavy atom. The number of nitrogens with zero attached hydrogens (tertiary/aromatic N) is 1. The van der Waals surface area contributed by atoms with Crippen molar-refractivity contribution in [3.8, 4) is 11.5 Å². The predicted molar refractivity (Wildman–Crippen MR) is 112 cm³/mol. The molecule has 2 amide bonds. The minimum Gasteiger partial charge on any atom is -0.454 e. The number of rotatable bonds is 4. The fourth-order valence-electron chi connectivity index (χ4n) is 4.19. The molecular formula is C22H22N2O4S. The van der Waals surface area contributed by atoms with Crippen LogP contribution < -0.4 is 19.7 Å². The average Bonchev–Trinajstić information content (AvgIpc) is 3.48. The minimum absolute atomic E-state index is 0.0549.